The fourth-order valence-electron chi connectivity index (χ4n) is 14.6. The molecule has 9 heterocycles. The normalized spacial score (nSPS) is 11.0. The number of pyridine rings is 5. The molecule has 11 aromatic carbocycles. The molecule has 0 atom stereocenters. The van der Waals surface area contributed by atoms with Crippen LogP contribution in [0.25, 0.3) is 180 Å². The third-order valence-corrected chi connectivity index (χ3v) is 30.4. The van der Waals surface area contributed by atoms with E-state index < -0.39 is 5.82 Å². The van der Waals surface area contributed by atoms with Gasteiger partial charge in [0.1, 0.15) is 0 Å². The molecule has 0 radical (unpaired) electrons. The molecule has 9 aromatic heterocycles. The SMILES string of the molecule is [C-]#[N+]c1cc2[se]c3c(-c4ccccn4)cccc3c2cc1F.[C-]#[N+]c1ccc2c(c1)[se]c1c(-c3ccc(C)cn3)cccc12.[C-]#[N+]c1cccc2c1Cc1c(-c3ccccn3)cccc1-2.[C-]#[N+]c1cccc2c1[se]c1c(-c3cc(-c4ccccc4)ccn3)cccc12.[C-]#[N+]c1cccc2c1[se]c1c(-c3ccc(C)cn3)cccc12. The van der Waals surface area contributed by atoms with E-state index in [1.54, 1.807) is 12.3 Å². The first-order chi connectivity index (χ1) is 56.0. The summed E-state index contributed by atoms with van der Waals surface area (Å²) in [6.07, 6.45) is 10.1. The molecule has 0 fully saturated rings. The number of rotatable bonds is 6. The monoisotopic (exact) mass is 1730 g/mol. The minimum atomic E-state index is -0.444. The predicted octanol–water partition coefficient (Wildman–Crippen LogP) is 25.9. The average molecular weight is 1720 g/mol. The quantitative estimate of drug-likeness (QED) is 0.122. The summed E-state index contributed by atoms with van der Waals surface area (Å²) in [7, 11) is 0. The average Bonchev–Trinajstić information content (AvgIpc) is 1.77. The van der Waals surface area contributed by atoms with Crippen LogP contribution in [-0.2, 0) is 6.42 Å². The fraction of sp³-hybridized carbons (Fsp3) is 0.0303. The standard InChI is InChI=1S/C24H14N2Se.2C19H12N2Se.C19H12N2.C18H9FN2Se/c1-25-21-12-6-10-19-18-9-5-11-20(23(18)27-24(19)21)22-15-17(13-14-26-22)16-7-3-2-4-8-16;1-12-9-10-16(21-11-12)15-7-3-5-13-14-6-4-8-17(20-2)19(14)22-18(13)15;1-12-6-9-17(21-11-12)16-5-3-4-15-14-8-7-13(20-2)10-18(14)22-19(15)16;1-20-18-10-5-7-14-13-6-4-8-15(16(13)12-17(14)18)19-9-2-3-11-21-19;1-20-16-10-17-13(9-14(16)19)11-5-4-6-12(18(11)22-17)15-7-2-3-8-21-15/h2-15H;2*3-11H,1H3;2-11H,12H2;2-10H. The summed E-state index contributed by atoms with van der Waals surface area (Å²) in [5, 5.41) is 9.49. The maximum atomic E-state index is 13.9. The van der Waals surface area contributed by atoms with Crippen molar-refractivity contribution in [3.63, 3.8) is 0 Å². The Morgan fingerprint density at radius 3 is 1.24 bits per heavy atom. The topological polar surface area (TPSA) is 86.2 Å². The van der Waals surface area contributed by atoms with Crippen LogP contribution in [0.4, 0.5) is 32.8 Å². The van der Waals surface area contributed by atoms with Gasteiger partial charge < -0.3 is 0 Å². The van der Waals surface area contributed by atoms with Crippen LogP contribution in [0.5, 0.6) is 0 Å². The number of hydrogen-bond acceptors (Lipinski definition) is 5. The molecule has 0 bridgehead atoms. The van der Waals surface area contributed by atoms with E-state index >= 15 is 0 Å². The summed E-state index contributed by atoms with van der Waals surface area (Å²) in [6, 6.07) is 93.7. The van der Waals surface area contributed by atoms with Gasteiger partial charge in [0.05, 0.1) is 12.3 Å². The maximum absolute atomic E-state index is 13.9. The van der Waals surface area contributed by atoms with Gasteiger partial charge in [0.15, 0.2) is 5.69 Å². The Morgan fingerprint density at radius 2 is 0.711 bits per heavy atom. The summed E-state index contributed by atoms with van der Waals surface area (Å²) in [5.74, 6) is -0.444. The molecule has 15 heteroatoms. The van der Waals surface area contributed by atoms with Gasteiger partial charge in [0.25, 0.3) is 0 Å². The molecular formula is C99H59FN10Se4. The van der Waals surface area contributed by atoms with Crippen molar-refractivity contribution in [3.05, 3.63) is 395 Å². The summed E-state index contributed by atoms with van der Waals surface area (Å²) in [6.45, 7) is 40.6. The summed E-state index contributed by atoms with van der Waals surface area (Å²) in [4.78, 5) is 40.6. The molecule has 0 saturated carbocycles. The molecule has 114 heavy (non-hydrogen) atoms. The van der Waals surface area contributed by atoms with Gasteiger partial charge >= 0.3 is 564 Å². The van der Waals surface area contributed by atoms with Crippen LogP contribution in [0.2, 0.25) is 0 Å². The molecule has 0 N–H and O–H groups in total. The van der Waals surface area contributed by atoms with Crippen molar-refractivity contribution < 1.29 is 4.39 Å². The zero-order valence-electron chi connectivity index (χ0n) is 61.1. The molecule has 0 amide bonds. The number of nitrogens with zero attached hydrogens (tertiary/aromatic N) is 10. The van der Waals surface area contributed by atoms with Gasteiger partial charge in [-0.3, -0.25) is 4.98 Å². The van der Waals surface area contributed by atoms with Crippen LogP contribution in [-0.4, -0.2) is 82.9 Å². The number of aryl methyl sites for hydroxylation is 2. The Bertz CT molecular complexity index is 7360. The molecule has 0 saturated heterocycles. The van der Waals surface area contributed by atoms with Crippen molar-refractivity contribution >= 4 is 164 Å². The molecular weight excluding hydrogens is 1660 g/mol. The van der Waals surface area contributed by atoms with Crippen molar-refractivity contribution in [3.8, 4) is 78.5 Å². The summed E-state index contributed by atoms with van der Waals surface area (Å²) in [5.41, 5.74) is 23.5. The van der Waals surface area contributed by atoms with Crippen LogP contribution in [0.1, 0.15) is 22.3 Å². The molecule has 20 aromatic rings. The first kappa shape index (κ1) is 73.4. The van der Waals surface area contributed by atoms with Crippen LogP contribution >= 0.6 is 0 Å². The third kappa shape index (κ3) is 14.4. The van der Waals surface area contributed by atoms with Gasteiger partial charge in [0.2, 0.25) is 0 Å². The number of halogens is 1. The third-order valence-electron chi connectivity index (χ3n) is 20.0. The molecule has 0 aliphatic heterocycles. The second-order valence-corrected chi connectivity index (χ2v) is 35.7. The van der Waals surface area contributed by atoms with Crippen LogP contribution < -0.4 is 0 Å². The second kappa shape index (κ2) is 32.5. The van der Waals surface area contributed by atoms with E-state index in [2.05, 4.69) is 220 Å². The van der Waals surface area contributed by atoms with Crippen molar-refractivity contribution in [2.24, 2.45) is 0 Å². The van der Waals surface area contributed by atoms with Crippen molar-refractivity contribution in [2.75, 3.05) is 0 Å². The number of aromatic nitrogens is 5. The Kier molecular flexibility index (Phi) is 20.9. The zero-order valence-corrected chi connectivity index (χ0v) is 68.0. The number of hydrogen-bond donors (Lipinski definition) is 0. The van der Waals surface area contributed by atoms with E-state index in [9.17, 15) is 4.39 Å². The molecule has 0 spiro atoms. The summed E-state index contributed by atoms with van der Waals surface area (Å²) < 4.78 is 24.0. The van der Waals surface area contributed by atoms with Crippen LogP contribution in [0, 0.1) is 52.5 Å². The van der Waals surface area contributed by atoms with Crippen LogP contribution in [0.3, 0.4) is 0 Å². The van der Waals surface area contributed by atoms with E-state index in [0.717, 1.165) is 83.8 Å². The Hall–Kier alpha value is -13.4. The van der Waals surface area contributed by atoms with E-state index in [1.165, 1.54) is 129 Å². The Labute approximate surface area is 681 Å². The molecule has 1 aliphatic carbocycles. The van der Waals surface area contributed by atoms with Crippen molar-refractivity contribution in [1.29, 1.82) is 0 Å². The fourth-order valence-corrected chi connectivity index (χ4v) is 25.2. The number of fused-ring (bicyclic) bond motifs is 15. The Morgan fingerprint density at radius 1 is 0.281 bits per heavy atom. The number of benzene rings is 11. The predicted molar refractivity (Wildman–Crippen MR) is 471 cm³/mol. The zero-order chi connectivity index (χ0) is 77.8. The second-order valence-electron chi connectivity index (χ2n) is 27.0. The molecule has 21 rings (SSSR count). The van der Waals surface area contributed by atoms with Gasteiger partial charge in [-0.25, -0.2) is 4.85 Å². The van der Waals surface area contributed by atoms with E-state index in [4.69, 9.17) is 32.9 Å². The van der Waals surface area contributed by atoms with E-state index in [-0.39, 0.29) is 63.7 Å². The first-order valence-electron chi connectivity index (χ1n) is 36.4. The summed E-state index contributed by atoms with van der Waals surface area (Å²) >= 11 is 0.572. The van der Waals surface area contributed by atoms with E-state index in [1.807, 2.05) is 135 Å². The molecule has 0 unspecified atom stereocenters. The molecule has 1 aliphatic rings. The van der Waals surface area contributed by atoms with Gasteiger partial charge in [-0.05, 0) is 40.8 Å². The molecule has 10 nitrogen and oxygen atoms in total. The minimum absolute atomic E-state index is 0.0614. The van der Waals surface area contributed by atoms with Crippen molar-refractivity contribution in [2.45, 2.75) is 20.3 Å². The van der Waals surface area contributed by atoms with Crippen molar-refractivity contribution in [1.82, 2.24) is 24.9 Å². The first-order valence-corrected chi connectivity index (χ1v) is 43.2. The van der Waals surface area contributed by atoms with Gasteiger partial charge in [-0.1, -0.05) is 42.5 Å². The van der Waals surface area contributed by atoms with Gasteiger partial charge in [-0.2, -0.15) is 0 Å². The Balaban J connectivity index is 0.000000103. The van der Waals surface area contributed by atoms with Gasteiger partial charge in [-0.15, -0.1) is 0 Å². The molecule has 536 valence electrons. The van der Waals surface area contributed by atoms with Crippen LogP contribution in [0.15, 0.2) is 310 Å². The van der Waals surface area contributed by atoms with Gasteiger partial charge in [0, 0.05) is 11.8 Å². The van der Waals surface area contributed by atoms with E-state index in [0.29, 0.717) is 0 Å².